The molecule has 0 saturated carbocycles. The molecule has 1 unspecified atom stereocenters. The van der Waals surface area contributed by atoms with Gasteiger partial charge in [0.1, 0.15) is 5.02 Å². The van der Waals surface area contributed by atoms with E-state index in [1.165, 1.54) is 4.68 Å². The first kappa shape index (κ1) is 16.9. The maximum atomic E-state index is 12.0. The van der Waals surface area contributed by atoms with Crippen LogP contribution in [0.2, 0.25) is 5.02 Å². The van der Waals surface area contributed by atoms with Crippen LogP contribution in [0.3, 0.4) is 0 Å². The van der Waals surface area contributed by atoms with Gasteiger partial charge in [0.25, 0.3) is 5.56 Å². The van der Waals surface area contributed by atoms with Crippen LogP contribution in [0.25, 0.3) is 0 Å². The lowest BCUT2D eigenvalue weighted by atomic mass is 10.2. The maximum Gasteiger partial charge on any atom is 0.287 e. The zero-order valence-corrected chi connectivity index (χ0v) is 13.1. The van der Waals surface area contributed by atoms with Crippen molar-refractivity contribution in [2.24, 2.45) is 5.92 Å². The Hall–Kier alpha value is -1.11. The van der Waals surface area contributed by atoms with Gasteiger partial charge in [-0.05, 0) is 5.92 Å². The molecule has 20 heavy (non-hydrogen) atoms. The molecule has 0 spiro atoms. The van der Waals surface area contributed by atoms with E-state index in [9.17, 15) is 4.79 Å². The third kappa shape index (κ3) is 4.77. The molecule has 0 aliphatic heterocycles. The van der Waals surface area contributed by atoms with Crippen molar-refractivity contribution in [2.75, 3.05) is 32.7 Å². The van der Waals surface area contributed by atoms with E-state index in [-0.39, 0.29) is 16.7 Å². The molecule has 0 fully saturated rings. The van der Waals surface area contributed by atoms with Gasteiger partial charge >= 0.3 is 0 Å². The van der Waals surface area contributed by atoms with Gasteiger partial charge in [-0.1, -0.05) is 25.4 Å². The summed E-state index contributed by atoms with van der Waals surface area (Å²) in [5.41, 5.74) is 0.223. The monoisotopic (exact) mass is 303 g/mol. The Labute approximate surface area is 124 Å². The number of anilines is 1. The molecular weight excluding hydrogens is 282 g/mol. The van der Waals surface area contributed by atoms with Gasteiger partial charge < -0.3 is 14.8 Å². The molecular formula is C13H22ClN3O3. The number of aromatic nitrogens is 2. The molecule has 1 aromatic heterocycles. The average Bonchev–Trinajstić information content (AvgIpc) is 2.41. The van der Waals surface area contributed by atoms with Gasteiger partial charge in [-0.25, -0.2) is 4.68 Å². The smallest absolute Gasteiger partial charge is 0.287 e. The predicted octanol–water partition coefficient (Wildman–Crippen LogP) is 1.63. The first-order valence-corrected chi connectivity index (χ1v) is 6.88. The van der Waals surface area contributed by atoms with Gasteiger partial charge in [-0.3, -0.25) is 4.79 Å². The zero-order valence-electron chi connectivity index (χ0n) is 12.4. The summed E-state index contributed by atoms with van der Waals surface area (Å²) in [6.07, 6.45) is 1.44. The SMILES string of the molecule is COCC(CNc1cnn(CC(C)C)c(=O)c1Cl)OC. The average molecular weight is 304 g/mol. The molecule has 114 valence electrons. The van der Waals surface area contributed by atoms with E-state index >= 15 is 0 Å². The maximum absolute atomic E-state index is 12.0. The van der Waals surface area contributed by atoms with Crippen molar-refractivity contribution < 1.29 is 9.47 Å². The Morgan fingerprint density at radius 1 is 1.45 bits per heavy atom. The predicted molar refractivity (Wildman–Crippen MR) is 79.5 cm³/mol. The van der Waals surface area contributed by atoms with Crippen molar-refractivity contribution >= 4 is 17.3 Å². The van der Waals surface area contributed by atoms with Gasteiger partial charge in [-0.15, -0.1) is 0 Å². The molecule has 0 radical (unpaired) electrons. The summed E-state index contributed by atoms with van der Waals surface area (Å²) in [5.74, 6) is 0.328. The summed E-state index contributed by atoms with van der Waals surface area (Å²) < 4.78 is 11.6. The van der Waals surface area contributed by atoms with Crippen LogP contribution in [0.5, 0.6) is 0 Å². The third-order valence-corrected chi connectivity index (χ3v) is 3.09. The molecule has 6 nitrogen and oxygen atoms in total. The summed E-state index contributed by atoms with van der Waals surface area (Å²) in [6, 6.07) is 0. The molecule has 7 heteroatoms. The minimum atomic E-state index is -0.286. The van der Waals surface area contributed by atoms with E-state index < -0.39 is 0 Å². The number of ether oxygens (including phenoxy) is 2. The van der Waals surface area contributed by atoms with Gasteiger partial charge in [0.15, 0.2) is 0 Å². The van der Waals surface area contributed by atoms with Crippen molar-refractivity contribution in [1.82, 2.24) is 9.78 Å². The Morgan fingerprint density at radius 3 is 2.70 bits per heavy atom. The van der Waals surface area contributed by atoms with Crippen molar-refractivity contribution in [2.45, 2.75) is 26.5 Å². The fourth-order valence-corrected chi connectivity index (χ4v) is 1.90. The summed E-state index contributed by atoms with van der Waals surface area (Å²) in [6.45, 7) is 5.52. The fourth-order valence-electron chi connectivity index (χ4n) is 1.68. The van der Waals surface area contributed by atoms with Crippen LogP contribution in [-0.2, 0) is 16.0 Å². The number of nitrogens with zero attached hydrogens (tertiary/aromatic N) is 2. The number of hydrogen-bond acceptors (Lipinski definition) is 5. The normalized spacial score (nSPS) is 12.7. The molecule has 1 atom stereocenters. The second-order valence-electron chi connectivity index (χ2n) is 4.95. The van der Waals surface area contributed by atoms with Crippen LogP contribution >= 0.6 is 11.6 Å². The summed E-state index contributed by atoms with van der Waals surface area (Å²) in [5, 5.41) is 7.32. The summed E-state index contributed by atoms with van der Waals surface area (Å²) in [4.78, 5) is 12.0. The molecule has 0 bridgehead atoms. The van der Waals surface area contributed by atoms with Crippen LogP contribution < -0.4 is 10.9 Å². The zero-order chi connectivity index (χ0) is 15.1. The van der Waals surface area contributed by atoms with E-state index in [0.29, 0.717) is 31.3 Å². The molecule has 1 N–H and O–H groups in total. The van der Waals surface area contributed by atoms with Gasteiger partial charge in [-0.2, -0.15) is 5.10 Å². The first-order valence-electron chi connectivity index (χ1n) is 6.50. The third-order valence-electron chi connectivity index (χ3n) is 2.73. The quantitative estimate of drug-likeness (QED) is 0.790. The van der Waals surface area contributed by atoms with Crippen molar-refractivity contribution in [3.8, 4) is 0 Å². The molecule has 1 rings (SSSR count). The number of nitrogens with one attached hydrogen (secondary N) is 1. The Balaban J connectivity index is 2.77. The number of halogens is 1. The number of hydrogen-bond donors (Lipinski definition) is 1. The largest absolute Gasteiger partial charge is 0.382 e. The highest BCUT2D eigenvalue weighted by atomic mass is 35.5. The van der Waals surface area contributed by atoms with E-state index in [1.54, 1.807) is 20.4 Å². The highest BCUT2D eigenvalue weighted by molar-refractivity contribution is 6.32. The van der Waals surface area contributed by atoms with Crippen molar-refractivity contribution in [3.05, 3.63) is 21.6 Å². The van der Waals surface area contributed by atoms with Crippen LogP contribution in [0.4, 0.5) is 5.69 Å². The Morgan fingerprint density at radius 2 is 2.15 bits per heavy atom. The van der Waals surface area contributed by atoms with E-state index in [1.807, 2.05) is 13.8 Å². The van der Waals surface area contributed by atoms with E-state index in [4.69, 9.17) is 21.1 Å². The van der Waals surface area contributed by atoms with E-state index in [0.717, 1.165) is 0 Å². The Kier molecular flexibility index (Phi) is 6.98. The van der Waals surface area contributed by atoms with Crippen LogP contribution in [0.15, 0.2) is 11.0 Å². The van der Waals surface area contributed by atoms with Crippen molar-refractivity contribution in [1.29, 1.82) is 0 Å². The number of methoxy groups -OCH3 is 2. The second-order valence-corrected chi connectivity index (χ2v) is 5.33. The minimum Gasteiger partial charge on any atom is -0.382 e. The van der Waals surface area contributed by atoms with E-state index in [2.05, 4.69) is 10.4 Å². The van der Waals surface area contributed by atoms with Gasteiger partial charge in [0, 0.05) is 27.3 Å². The highest BCUT2D eigenvalue weighted by Gasteiger charge is 2.12. The van der Waals surface area contributed by atoms with Crippen LogP contribution in [0.1, 0.15) is 13.8 Å². The first-order chi connectivity index (χ1) is 9.49. The summed E-state index contributed by atoms with van der Waals surface area (Å²) >= 11 is 6.08. The lowest BCUT2D eigenvalue weighted by Gasteiger charge is -2.16. The lowest BCUT2D eigenvalue weighted by Crippen LogP contribution is -2.29. The van der Waals surface area contributed by atoms with Gasteiger partial charge in [0.05, 0.1) is 24.6 Å². The molecule has 0 aliphatic rings. The lowest BCUT2D eigenvalue weighted by molar-refractivity contribution is 0.0365. The fraction of sp³-hybridized carbons (Fsp3) is 0.692. The molecule has 1 aromatic rings. The molecule has 0 aliphatic carbocycles. The highest BCUT2D eigenvalue weighted by Crippen LogP contribution is 2.15. The van der Waals surface area contributed by atoms with Crippen LogP contribution in [0, 0.1) is 5.92 Å². The molecule has 1 heterocycles. The Bertz CT molecular complexity index is 476. The van der Waals surface area contributed by atoms with Crippen molar-refractivity contribution in [3.63, 3.8) is 0 Å². The van der Waals surface area contributed by atoms with Gasteiger partial charge in [0.2, 0.25) is 0 Å². The molecule has 0 amide bonds. The second kappa shape index (κ2) is 8.24. The number of rotatable bonds is 8. The molecule has 0 saturated heterocycles. The molecule has 0 aromatic carbocycles. The standard InChI is InChI=1S/C13H22ClN3O3/c1-9(2)7-17-13(18)12(14)11(6-16-17)15-5-10(20-4)8-19-3/h6,9-10,15H,5,7-8H2,1-4H3. The topological polar surface area (TPSA) is 65.4 Å². The summed E-state index contributed by atoms with van der Waals surface area (Å²) in [7, 11) is 3.21. The van der Waals surface area contributed by atoms with Crippen LogP contribution in [-0.4, -0.2) is 43.3 Å². The minimum absolute atomic E-state index is 0.117.